The Morgan fingerprint density at radius 1 is 1.40 bits per heavy atom. The van der Waals surface area contributed by atoms with Crippen LogP contribution in [-0.2, 0) is 16.4 Å². The number of nitrogens with one attached hydrogen (secondary N) is 1. The number of anilines is 1. The van der Waals surface area contributed by atoms with E-state index in [4.69, 9.17) is 0 Å². The quantitative estimate of drug-likeness (QED) is 0.790. The summed E-state index contributed by atoms with van der Waals surface area (Å²) in [7, 11) is -3.65. The molecule has 0 unspecified atom stereocenters. The van der Waals surface area contributed by atoms with E-state index < -0.39 is 10.0 Å². The third-order valence-electron chi connectivity index (χ3n) is 2.59. The maximum atomic E-state index is 12.2. The van der Waals surface area contributed by atoms with Gasteiger partial charge in [-0.2, -0.15) is 4.98 Å². The fourth-order valence-corrected chi connectivity index (χ4v) is 3.87. The van der Waals surface area contributed by atoms with Crippen molar-refractivity contribution in [2.24, 2.45) is 0 Å². The fourth-order valence-electron chi connectivity index (χ4n) is 1.64. The number of aromatic nitrogens is 4. The van der Waals surface area contributed by atoms with Crippen molar-refractivity contribution in [1.82, 2.24) is 19.6 Å². The van der Waals surface area contributed by atoms with Gasteiger partial charge in [-0.1, -0.05) is 6.92 Å². The molecule has 1 N–H and O–H groups in total. The lowest BCUT2D eigenvalue weighted by Crippen LogP contribution is -2.12. The van der Waals surface area contributed by atoms with E-state index in [0.29, 0.717) is 5.78 Å². The Morgan fingerprint density at radius 3 is 2.95 bits per heavy atom. The molecule has 3 aromatic rings. The van der Waals surface area contributed by atoms with E-state index in [1.54, 1.807) is 30.6 Å². The molecule has 3 aromatic heterocycles. The molecule has 20 heavy (non-hydrogen) atoms. The molecule has 0 spiro atoms. The molecule has 9 heteroatoms. The molecule has 0 bridgehead atoms. The summed E-state index contributed by atoms with van der Waals surface area (Å²) in [6, 6.07) is 5.07. The molecule has 0 atom stereocenters. The highest BCUT2D eigenvalue weighted by atomic mass is 32.2. The molecule has 0 saturated heterocycles. The Morgan fingerprint density at radius 2 is 2.25 bits per heavy atom. The number of fused-ring (bicyclic) bond motifs is 1. The molecule has 0 aliphatic rings. The number of thiophene rings is 1. The van der Waals surface area contributed by atoms with E-state index in [1.165, 1.54) is 15.9 Å². The number of aryl methyl sites for hydroxylation is 1. The van der Waals surface area contributed by atoms with Crippen molar-refractivity contribution < 1.29 is 8.42 Å². The van der Waals surface area contributed by atoms with Crippen molar-refractivity contribution >= 4 is 33.1 Å². The minimum atomic E-state index is -3.65. The summed E-state index contributed by atoms with van der Waals surface area (Å²) < 4.78 is 28.4. The summed E-state index contributed by atoms with van der Waals surface area (Å²) in [5, 5.41) is 4.01. The van der Waals surface area contributed by atoms with Crippen LogP contribution >= 0.6 is 11.3 Å². The number of hydrogen-bond donors (Lipinski definition) is 1. The first-order valence-corrected chi connectivity index (χ1v) is 8.17. The smallest absolute Gasteiger partial charge is 0.245 e. The van der Waals surface area contributed by atoms with Crippen molar-refractivity contribution in [2.45, 2.75) is 17.6 Å². The van der Waals surface area contributed by atoms with Crippen LogP contribution in [0.2, 0.25) is 0 Å². The number of rotatable bonds is 4. The largest absolute Gasteiger partial charge is 0.273 e. The zero-order valence-corrected chi connectivity index (χ0v) is 12.1. The average molecular weight is 309 g/mol. The Balaban J connectivity index is 1.92. The van der Waals surface area contributed by atoms with Crippen LogP contribution in [0.5, 0.6) is 0 Å². The van der Waals surface area contributed by atoms with Gasteiger partial charge in [-0.25, -0.2) is 22.6 Å². The molecule has 7 nitrogen and oxygen atoms in total. The molecule has 0 saturated carbocycles. The van der Waals surface area contributed by atoms with Gasteiger partial charge in [0.25, 0.3) is 21.7 Å². The second kappa shape index (κ2) is 4.84. The molecule has 0 radical (unpaired) electrons. The van der Waals surface area contributed by atoms with E-state index in [2.05, 4.69) is 19.8 Å². The van der Waals surface area contributed by atoms with Crippen LogP contribution in [0.15, 0.2) is 34.8 Å². The minimum absolute atomic E-state index is 0.00940. The van der Waals surface area contributed by atoms with Gasteiger partial charge >= 0.3 is 0 Å². The zero-order valence-electron chi connectivity index (χ0n) is 10.5. The predicted octanol–water partition coefficient (Wildman–Crippen LogP) is 1.55. The number of sulfonamides is 1. The third-order valence-corrected chi connectivity index (χ3v) is 5.64. The standard InChI is InChI=1S/C11H11N5O2S2/c1-2-8-4-5-9(19-8)20(17,18)15-10-13-11-12-6-3-7-16(11)14-10/h3-7H,2H2,1H3,(H,14,15). The van der Waals surface area contributed by atoms with Crippen molar-refractivity contribution in [1.29, 1.82) is 0 Å². The van der Waals surface area contributed by atoms with Crippen LogP contribution < -0.4 is 4.72 Å². The molecule has 0 amide bonds. The number of nitrogens with zero attached hydrogens (tertiary/aromatic N) is 4. The van der Waals surface area contributed by atoms with Crippen LogP contribution in [0.1, 0.15) is 11.8 Å². The third kappa shape index (κ3) is 2.37. The lowest BCUT2D eigenvalue weighted by Gasteiger charge is -2.00. The highest BCUT2D eigenvalue weighted by molar-refractivity contribution is 7.94. The van der Waals surface area contributed by atoms with Crippen molar-refractivity contribution in [3.8, 4) is 0 Å². The summed E-state index contributed by atoms with van der Waals surface area (Å²) in [6.07, 6.45) is 4.01. The van der Waals surface area contributed by atoms with Gasteiger partial charge in [0.2, 0.25) is 0 Å². The van der Waals surface area contributed by atoms with Gasteiger partial charge in [-0.3, -0.25) is 0 Å². The second-order valence-electron chi connectivity index (χ2n) is 3.98. The first kappa shape index (κ1) is 13.0. The SMILES string of the molecule is CCc1ccc(S(=O)(=O)Nc2nc3ncccn3n2)s1. The van der Waals surface area contributed by atoms with Crippen LogP contribution in [0.4, 0.5) is 5.95 Å². The Kier molecular flexibility index (Phi) is 3.14. The molecule has 0 aliphatic heterocycles. The van der Waals surface area contributed by atoms with Crippen LogP contribution in [0.3, 0.4) is 0 Å². The van der Waals surface area contributed by atoms with E-state index >= 15 is 0 Å². The van der Waals surface area contributed by atoms with Crippen molar-refractivity contribution in [3.05, 3.63) is 35.5 Å². The van der Waals surface area contributed by atoms with Gasteiger partial charge < -0.3 is 0 Å². The maximum absolute atomic E-state index is 12.2. The van der Waals surface area contributed by atoms with E-state index in [-0.39, 0.29) is 10.2 Å². The molecule has 3 heterocycles. The van der Waals surface area contributed by atoms with Crippen molar-refractivity contribution in [3.63, 3.8) is 0 Å². The van der Waals surface area contributed by atoms with Gasteiger partial charge in [0.05, 0.1) is 0 Å². The van der Waals surface area contributed by atoms with Gasteiger partial charge in [0, 0.05) is 17.3 Å². The lowest BCUT2D eigenvalue weighted by atomic mass is 10.4. The first-order valence-electron chi connectivity index (χ1n) is 5.87. The normalized spacial score (nSPS) is 11.8. The summed E-state index contributed by atoms with van der Waals surface area (Å²) in [6.45, 7) is 1.98. The predicted molar refractivity (Wildman–Crippen MR) is 75.3 cm³/mol. The summed E-state index contributed by atoms with van der Waals surface area (Å²) in [5.74, 6) is 0.348. The average Bonchev–Trinajstić information content (AvgIpc) is 3.04. The molecule has 3 rings (SSSR count). The van der Waals surface area contributed by atoms with Crippen LogP contribution in [0.25, 0.3) is 5.78 Å². The summed E-state index contributed by atoms with van der Waals surface area (Å²) >= 11 is 1.24. The topological polar surface area (TPSA) is 89.2 Å². The maximum Gasteiger partial charge on any atom is 0.273 e. The Labute approximate surface area is 119 Å². The van der Waals surface area contributed by atoms with E-state index in [0.717, 1.165) is 11.3 Å². The summed E-state index contributed by atoms with van der Waals surface area (Å²) in [4.78, 5) is 8.99. The van der Waals surface area contributed by atoms with Gasteiger partial charge in [0.15, 0.2) is 0 Å². The van der Waals surface area contributed by atoms with E-state index in [1.807, 2.05) is 6.92 Å². The second-order valence-corrected chi connectivity index (χ2v) is 7.06. The highest BCUT2D eigenvalue weighted by Crippen LogP contribution is 2.23. The molecule has 104 valence electrons. The summed E-state index contributed by atoms with van der Waals surface area (Å²) in [5.41, 5.74) is 0. The molecular formula is C11H11N5O2S2. The Bertz CT molecular complexity index is 819. The molecule has 0 aliphatic carbocycles. The molecule has 0 fully saturated rings. The van der Waals surface area contributed by atoms with Gasteiger partial charge in [-0.05, 0) is 24.6 Å². The Hall–Kier alpha value is -2.00. The van der Waals surface area contributed by atoms with Crippen molar-refractivity contribution in [2.75, 3.05) is 4.72 Å². The number of hydrogen-bond acceptors (Lipinski definition) is 6. The van der Waals surface area contributed by atoms with Gasteiger partial charge in [-0.15, -0.1) is 16.4 Å². The van der Waals surface area contributed by atoms with Gasteiger partial charge in [0.1, 0.15) is 4.21 Å². The van der Waals surface area contributed by atoms with Crippen LogP contribution in [0, 0.1) is 0 Å². The minimum Gasteiger partial charge on any atom is -0.245 e. The monoisotopic (exact) mass is 309 g/mol. The highest BCUT2D eigenvalue weighted by Gasteiger charge is 2.19. The lowest BCUT2D eigenvalue weighted by molar-refractivity contribution is 0.602. The fraction of sp³-hybridized carbons (Fsp3) is 0.182. The zero-order chi connectivity index (χ0) is 14.2. The molecular weight excluding hydrogens is 298 g/mol. The van der Waals surface area contributed by atoms with Crippen LogP contribution in [-0.4, -0.2) is 28.0 Å². The van der Waals surface area contributed by atoms with E-state index in [9.17, 15) is 8.42 Å². The first-order chi connectivity index (χ1) is 9.58. The molecule has 0 aromatic carbocycles.